The predicted octanol–water partition coefficient (Wildman–Crippen LogP) is 5.30. The molecule has 1 aromatic carbocycles. The minimum atomic E-state index is -1.49. The van der Waals surface area contributed by atoms with Gasteiger partial charge in [-0.3, -0.25) is 4.90 Å². The molecule has 1 aliphatic heterocycles. The van der Waals surface area contributed by atoms with Crippen LogP contribution in [0.1, 0.15) is 84.1 Å². The maximum Gasteiger partial charge on any atom is 0.412 e. The summed E-state index contributed by atoms with van der Waals surface area (Å²) < 4.78 is 30.7. The molecular formula is C40H61N3O11. The third kappa shape index (κ3) is 10.3. The standard InChI is InChI=1S/C40H61N3O11/c1-7-21-51-40-34(43(38(48)49-6)17-22-50-23-20-46)26-32(42-54-39(3,4)5)30-24-27(13-9-11-18-44)29(14-10-12-19-45)35(36(30)40)31-25-28(15-16-33(31)53-40)52-37(47)41-8-2/h7,15-16,24-25,27,29,34-36,44-46H,1,8-14,17-23,26H2,2-6H3,(H,41,47)/t27-,29+,34-,35+,36+,40+/m0/s1. The fourth-order valence-electron chi connectivity index (χ4n) is 8.01. The zero-order valence-electron chi connectivity index (χ0n) is 32.6. The van der Waals surface area contributed by atoms with Gasteiger partial charge in [0.1, 0.15) is 23.1 Å². The van der Waals surface area contributed by atoms with Crippen LogP contribution in [0.15, 0.2) is 47.7 Å². The van der Waals surface area contributed by atoms with Crippen molar-refractivity contribution in [3.05, 3.63) is 48.1 Å². The van der Waals surface area contributed by atoms with Crippen molar-refractivity contribution in [2.45, 2.75) is 96.0 Å². The normalized spacial score (nSPS) is 25.1. The summed E-state index contributed by atoms with van der Waals surface area (Å²) in [5.74, 6) is -1.46. The molecular weight excluding hydrogens is 698 g/mol. The molecule has 1 saturated carbocycles. The molecule has 54 heavy (non-hydrogen) atoms. The number of carbonyl (C=O) groups is 2. The van der Waals surface area contributed by atoms with Crippen molar-refractivity contribution >= 4 is 17.9 Å². The second-order valence-electron chi connectivity index (χ2n) is 14.9. The molecule has 0 aromatic heterocycles. The first-order chi connectivity index (χ1) is 26.0. The smallest absolute Gasteiger partial charge is 0.412 e. The van der Waals surface area contributed by atoms with Crippen molar-refractivity contribution in [1.29, 1.82) is 0 Å². The summed E-state index contributed by atoms with van der Waals surface area (Å²) in [5.41, 5.74) is 1.70. The second kappa shape index (κ2) is 20.3. The van der Waals surface area contributed by atoms with E-state index in [1.54, 1.807) is 23.1 Å². The zero-order chi connectivity index (χ0) is 39.3. The number of aliphatic hydroxyl groups excluding tert-OH is 3. The number of benzene rings is 1. The molecule has 0 spiro atoms. The number of amides is 2. The average Bonchev–Trinajstić information content (AvgIpc) is 3.14. The first-order valence-electron chi connectivity index (χ1n) is 19.2. The Morgan fingerprint density at radius 2 is 1.83 bits per heavy atom. The SMILES string of the molecule is C=CCO[C@@]12Oc3ccc(OC(=O)NCC)cc3[C@H]3[C@H](CCCCO)[C@@H](CCCCO)C=C(C(=NOC(C)(C)C)C[C@@H]1N(CCOCCO)C(=O)OC)[C@H]32. The summed E-state index contributed by atoms with van der Waals surface area (Å²) in [6.45, 7) is 12.3. The van der Waals surface area contributed by atoms with Crippen molar-refractivity contribution < 1.29 is 53.4 Å². The van der Waals surface area contributed by atoms with E-state index in [0.29, 0.717) is 36.6 Å². The van der Waals surface area contributed by atoms with E-state index in [1.807, 2.05) is 33.8 Å². The molecule has 302 valence electrons. The van der Waals surface area contributed by atoms with Crippen LogP contribution in [0.3, 0.4) is 0 Å². The molecule has 0 unspecified atom stereocenters. The quantitative estimate of drug-likeness (QED) is 0.0770. The van der Waals surface area contributed by atoms with Crippen molar-refractivity contribution in [2.75, 3.05) is 59.8 Å². The number of aliphatic hydroxyl groups is 3. The molecule has 3 aliphatic rings. The number of hydrogen-bond donors (Lipinski definition) is 4. The van der Waals surface area contributed by atoms with Gasteiger partial charge in [0.15, 0.2) is 0 Å². The number of nitrogens with zero attached hydrogens (tertiary/aromatic N) is 2. The van der Waals surface area contributed by atoms with Gasteiger partial charge in [0, 0.05) is 44.2 Å². The molecule has 1 aromatic rings. The second-order valence-corrected chi connectivity index (χ2v) is 14.9. The summed E-state index contributed by atoms with van der Waals surface area (Å²) in [5, 5.41) is 36.5. The Morgan fingerprint density at radius 1 is 1.09 bits per heavy atom. The number of hydrogen-bond acceptors (Lipinski definition) is 12. The van der Waals surface area contributed by atoms with Gasteiger partial charge in [-0.1, -0.05) is 30.1 Å². The van der Waals surface area contributed by atoms with Gasteiger partial charge in [0.25, 0.3) is 0 Å². The lowest BCUT2D eigenvalue weighted by Crippen LogP contribution is -2.70. The van der Waals surface area contributed by atoms with Gasteiger partial charge in [0.2, 0.25) is 5.79 Å². The highest BCUT2D eigenvalue weighted by atomic mass is 16.7. The van der Waals surface area contributed by atoms with E-state index >= 15 is 0 Å². The van der Waals surface area contributed by atoms with Crippen LogP contribution in [0, 0.1) is 17.8 Å². The van der Waals surface area contributed by atoms with Gasteiger partial charge in [-0.2, -0.15) is 0 Å². The first kappa shape index (κ1) is 43.0. The number of allylic oxidation sites excluding steroid dienone is 1. The van der Waals surface area contributed by atoms with Gasteiger partial charge < -0.3 is 49.2 Å². The van der Waals surface area contributed by atoms with E-state index < -0.39 is 35.5 Å². The molecule has 4 rings (SSSR count). The summed E-state index contributed by atoms with van der Waals surface area (Å²) >= 11 is 0. The molecule has 14 nitrogen and oxygen atoms in total. The number of rotatable bonds is 20. The van der Waals surface area contributed by atoms with Crippen molar-refractivity contribution in [3.63, 3.8) is 0 Å². The molecule has 2 aliphatic carbocycles. The molecule has 14 heteroatoms. The molecule has 0 radical (unpaired) electrons. The summed E-state index contributed by atoms with van der Waals surface area (Å²) in [7, 11) is 1.32. The molecule has 2 amide bonds. The van der Waals surface area contributed by atoms with E-state index in [1.165, 1.54) is 7.11 Å². The van der Waals surface area contributed by atoms with E-state index in [2.05, 4.69) is 18.0 Å². The maximum atomic E-state index is 13.8. The summed E-state index contributed by atoms with van der Waals surface area (Å²) in [6, 6.07) is 4.50. The first-order valence-corrected chi connectivity index (χ1v) is 19.2. The largest absolute Gasteiger partial charge is 0.459 e. The Morgan fingerprint density at radius 3 is 2.48 bits per heavy atom. The number of methoxy groups -OCH3 is 1. The number of nitrogens with one attached hydrogen (secondary N) is 1. The van der Waals surface area contributed by atoms with Crippen LogP contribution in [0.25, 0.3) is 0 Å². The fraction of sp³-hybridized carbons (Fsp3) is 0.675. The van der Waals surface area contributed by atoms with Crippen LogP contribution in [0.4, 0.5) is 9.59 Å². The van der Waals surface area contributed by atoms with Crippen LogP contribution >= 0.6 is 0 Å². The van der Waals surface area contributed by atoms with Gasteiger partial charge >= 0.3 is 12.2 Å². The summed E-state index contributed by atoms with van der Waals surface area (Å²) in [4.78, 5) is 34.1. The fourth-order valence-corrected chi connectivity index (χ4v) is 8.01. The number of carbonyl (C=O) groups excluding carboxylic acids is 2. The molecule has 6 atom stereocenters. The minimum Gasteiger partial charge on any atom is -0.459 e. The maximum absolute atomic E-state index is 13.8. The van der Waals surface area contributed by atoms with E-state index in [-0.39, 0.29) is 70.4 Å². The Kier molecular flexibility index (Phi) is 16.2. The van der Waals surface area contributed by atoms with Crippen LogP contribution in [-0.4, -0.2) is 115 Å². The Hall–Kier alpha value is -3.69. The van der Waals surface area contributed by atoms with Gasteiger partial charge in [0.05, 0.1) is 45.2 Å². The van der Waals surface area contributed by atoms with Gasteiger partial charge in [-0.05, 0) is 89.0 Å². The molecule has 1 heterocycles. The van der Waals surface area contributed by atoms with Crippen molar-refractivity contribution in [2.24, 2.45) is 22.9 Å². The van der Waals surface area contributed by atoms with Crippen LogP contribution in [0.2, 0.25) is 0 Å². The summed E-state index contributed by atoms with van der Waals surface area (Å²) in [6.07, 6.45) is 7.24. The lowest BCUT2D eigenvalue weighted by atomic mass is 9.55. The highest BCUT2D eigenvalue weighted by Gasteiger charge is 2.65. The predicted molar refractivity (Wildman–Crippen MR) is 203 cm³/mol. The van der Waals surface area contributed by atoms with E-state index in [9.17, 15) is 24.9 Å². The number of fused-ring (bicyclic) bond motifs is 2. The Bertz CT molecular complexity index is 1460. The van der Waals surface area contributed by atoms with Crippen LogP contribution in [-0.2, 0) is 19.0 Å². The number of oxime groups is 1. The Balaban J connectivity index is 2.04. The topological polar surface area (TPSA) is 178 Å². The highest BCUT2D eigenvalue weighted by Crippen LogP contribution is 2.62. The number of ether oxygens (including phenoxy) is 5. The lowest BCUT2D eigenvalue weighted by Gasteiger charge is -2.59. The van der Waals surface area contributed by atoms with Crippen molar-refractivity contribution in [1.82, 2.24) is 10.2 Å². The third-order valence-electron chi connectivity index (χ3n) is 10.1. The zero-order valence-corrected chi connectivity index (χ0v) is 32.6. The average molecular weight is 760 g/mol. The number of unbranched alkanes of at least 4 members (excludes halogenated alkanes) is 2. The Labute approximate surface area is 319 Å². The van der Waals surface area contributed by atoms with Gasteiger partial charge in [-0.15, -0.1) is 6.58 Å². The monoisotopic (exact) mass is 759 g/mol. The minimum absolute atomic E-state index is 0.0129. The van der Waals surface area contributed by atoms with E-state index in [0.717, 1.165) is 36.8 Å². The van der Waals surface area contributed by atoms with Gasteiger partial charge in [-0.25, -0.2) is 9.59 Å². The molecule has 4 N–H and O–H groups in total. The van der Waals surface area contributed by atoms with Crippen LogP contribution in [0.5, 0.6) is 11.5 Å². The molecule has 0 bridgehead atoms. The highest BCUT2D eigenvalue weighted by molar-refractivity contribution is 6.03. The lowest BCUT2D eigenvalue weighted by molar-refractivity contribution is -0.256. The van der Waals surface area contributed by atoms with Crippen molar-refractivity contribution in [3.8, 4) is 11.5 Å². The molecule has 1 fully saturated rings. The third-order valence-corrected chi connectivity index (χ3v) is 10.1. The van der Waals surface area contributed by atoms with E-state index in [4.69, 9.17) is 33.7 Å². The van der Waals surface area contributed by atoms with Crippen LogP contribution < -0.4 is 14.8 Å². The molecule has 0 saturated heterocycles.